The van der Waals surface area contributed by atoms with E-state index in [0.717, 1.165) is 22.0 Å². The number of benzene rings is 2. The van der Waals surface area contributed by atoms with E-state index >= 15 is 0 Å². The van der Waals surface area contributed by atoms with Gasteiger partial charge in [0.2, 0.25) is 17.7 Å². The monoisotopic (exact) mass is 585 g/mol. The van der Waals surface area contributed by atoms with Crippen molar-refractivity contribution in [2.45, 2.75) is 43.4 Å². The quantitative estimate of drug-likeness (QED) is 0.133. The molecular weight excluding hydrogens is 550 g/mol. The molecule has 0 aliphatic heterocycles. The number of thiol groups is 1. The first-order chi connectivity index (χ1) is 19.2. The molecule has 0 aliphatic carbocycles. The Bertz CT molecular complexity index is 1300. The summed E-state index contributed by atoms with van der Waals surface area (Å²) in [6, 6.07) is 12.4. The summed E-state index contributed by atoms with van der Waals surface area (Å²) in [7, 11) is 0. The van der Waals surface area contributed by atoms with Gasteiger partial charge in [0.1, 0.15) is 18.1 Å². The summed E-state index contributed by atoms with van der Waals surface area (Å²) in [5, 5.41) is 18.5. The topological polar surface area (TPSA) is 166 Å². The number of aliphatic carboxylic acids is 1. The number of rotatable bonds is 15. The molecule has 4 atom stereocenters. The Labute approximate surface area is 242 Å². The van der Waals surface area contributed by atoms with Crippen LogP contribution in [-0.2, 0) is 32.0 Å². The van der Waals surface area contributed by atoms with Crippen molar-refractivity contribution in [2.24, 2.45) is 5.73 Å². The second-order valence-electron chi connectivity index (χ2n) is 9.35. The third-order valence-electron chi connectivity index (χ3n) is 6.41. The average Bonchev–Trinajstić information content (AvgIpc) is 3.36. The van der Waals surface area contributed by atoms with Gasteiger partial charge >= 0.3 is 5.97 Å². The maximum absolute atomic E-state index is 13.3. The molecule has 1 aromatic heterocycles. The Morgan fingerprint density at radius 2 is 1.52 bits per heavy atom. The number of nitrogens with one attached hydrogen (secondary N) is 4. The van der Waals surface area contributed by atoms with Gasteiger partial charge in [0.15, 0.2) is 0 Å². The second kappa shape index (κ2) is 15.3. The number of thioether (sulfide) groups is 1. The fourth-order valence-electron chi connectivity index (χ4n) is 4.17. The zero-order valence-electron chi connectivity index (χ0n) is 22.1. The number of H-pyrrole nitrogens is 1. The predicted octanol–water partition coefficient (Wildman–Crippen LogP) is 1.50. The van der Waals surface area contributed by atoms with E-state index in [-0.39, 0.29) is 18.6 Å². The Balaban J connectivity index is 1.70. The summed E-state index contributed by atoms with van der Waals surface area (Å²) in [6.45, 7) is 0. The molecule has 2 aromatic carbocycles. The van der Waals surface area contributed by atoms with Crippen LogP contribution in [0.5, 0.6) is 0 Å². The number of amides is 3. The molecule has 40 heavy (non-hydrogen) atoms. The summed E-state index contributed by atoms with van der Waals surface area (Å²) in [6.07, 6.45) is 4.28. The summed E-state index contributed by atoms with van der Waals surface area (Å²) in [4.78, 5) is 54.2. The Kier molecular flexibility index (Phi) is 11.9. The molecule has 4 unspecified atom stereocenters. The number of carboxylic acids is 1. The lowest BCUT2D eigenvalue weighted by Crippen LogP contribution is -2.58. The molecule has 0 spiro atoms. The molecule has 12 heteroatoms. The smallest absolute Gasteiger partial charge is 0.326 e. The SMILES string of the molecule is CSCCC(N)C(=O)NC(Cc1ccccc1)C(=O)NC(CS)C(=O)NC(Cc1c[nH]c2ccccc12)C(=O)O. The number of fused-ring (bicyclic) bond motifs is 1. The minimum absolute atomic E-state index is 0.0406. The number of carboxylic acid groups (broad SMARTS) is 1. The first kappa shape index (κ1) is 31.1. The van der Waals surface area contributed by atoms with Crippen LogP contribution in [0.25, 0.3) is 10.9 Å². The van der Waals surface area contributed by atoms with Crippen LogP contribution in [0, 0.1) is 0 Å². The van der Waals surface area contributed by atoms with Crippen LogP contribution in [0.15, 0.2) is 60.8 Å². The average molecular weight is 586 g/mol. The first-order valence-electron chi connectivity index (χ1n) is 12.8. The van der Waals surface area contributed by atoms with Crippen molar-refractivity contribution >= 4 is 59.0 Å². The molecule has 0 saturated carbocycles. The van der Waals surface area contributed by atoms with E-state index in [9.17, 15) is 24.3 Å². The Morgan fingerprint density at radius 1 is 0.900 bits per heavy atom. The van der Waals surface area contributed by atoms with Crippen molar-refractivity contribution in [1.29, 1.82) is 0 Å². The third-order valence-corrected chi connectivity index (χ3v) is 7.42. The fraction of sp³-hybridized carbons (Fsp3) is 0.357. The standard InChI is InChI=1S/C28H35N5O5S2/c1-40-12-11-20(29)25(34)31-22(13-17-7-3-2-4-8-17)26(35)33-24(16-39)27(36)32-23(28(37)38)14-18-15-30-21-10-6-5-9-19(18)21/h2-10,15,20,22-24,30,39H,11-14,16,29H2,1H3,(H,31,34)(H,32,36)(H,33,35)(H,37,38). The van der Waals surface area contributed by atoms with Crippen LogP contribution >= 0.6 is 24.4 Å². The van der Waals surface area contributed by atoms with Gasteiger partial charge in [-0.25, -0.2) is 4.79 Å². The highest BCUT2D eigenvalue weighted by molar-refractivity contribution is 7.98. The molecule has 1 heterocycles. The zero-order chi connectivity index (χ0) is 29.1. The van der Waals surface area contributed by atoms with E-state index in [1.807, 2.05) is 60.9 Å². The number of aromatic amines is 1. The lowest BCUT2D eigenvalue weighted by molar-refractivity contribution is -0.142. The molecule has 0 bridgehead atoms. The van der Waals surface area contributed by atoms with Crippen LogP contribution in [0.1, 0.15) is 17.5 Å². The van der Waals surface area contributed by atoms with Gasteiger partial charge in [-0.15, -0.1) is 0 Å². The zero-order valence-corrected chi connectivity index (χ0v) is 23.8. The van der Waals surface area contributed by atoms with Crippen LogP contribution in [-0.4, -0.2) is 75.7 Å². The molecule has 10 nitrogen and oxygen atoms in total. The summed E-state index contributed by atoms with van der Waals surface area (Å²) in [5.74, 6) is -2.38. The summed E-state index contributed by atoms with van der Waals surface area (Å²) in [5.41, 5.74) is 8.39. The second-order valence-corrected chi connectivity index (χ2v) is 10.7. The molecule has 0 fully saturated rings. The van der Waals surface area contributed by atoms with E-state index < -0.39 is 47.9 Å². The van der Waals surface area contributed by atoms with Crippen molar-refractivity contribution in [1.82, 2.24) is 20.9 Å². The van der Waals surface area contributed by atoms with Gasteiger partial charge in [0.25, 0.3) is 0 Å². The number of hydrogen-bond donors (Lipinski definition) is 7. The van der Waals surface area contributed by atoms with Gasteiger partial charge in [-0.1, -0.05) is 48.5 Å². The van der Waals surface area contributed by atoms with Gasteiger partial charge in [-0.2, -0.15) is 24.4 Å². The molecule has 0 radical (unpaired) electrons. The van der Waals surface area contributed by atoms with E-state index in [0.29, 0.717) is 12.2 Å². The van der Waals surface area contributed by atoms with Crippen molar-refractivity contribution < 1.29 is 24.3 Å². The molecule has 3 amide bonds. The number of aromatic nitrogens is 1. The maximum Gasteiger partial charge on any atom is 0.326 e. The Hall–Kier alpha value is -3.48. The van der Waals surface area contributed by atoms with Crippen LogP contribution in [0.4, 0.5) is 0 Å². The van der Waals surface area contributed by atoms with Crippen LogP contribution in [0.2, 0.25) is 0 Å². The van der Waals surface area contributed by atoms with Gasteiger partial charge in [-0.3, -0.25) is 14.4 Å². The van der Waals surface area contributed by atoms with E-state index in [2.05, 4.69) is 33.6 Å². The number of carbonyl (C=O) groups excluding carboxylic acids is 3. The number of carbonyl (C=O) groups is 4. The van der Waals surface area contributed by atoms with Crippen molar-refractivity contribution in [2.75, 3.05) is 17.8 Å². The highest BCUT2D eigenvalue weighted by Crippen LogP contribution is 2.19. The number of para-hydroxylation sites is 1. The fourth-order valence-corrected chi connectivity index (χ4v) is 4.92. The maximum atomic E-state index is 13.3. The first-order valence-corrected chi connectivity index (χ1v) is 14.8. The lowest BCUT2D eigenvalue weighted by atomic mass is 10.0. The molecule has 0 saturated heterocycles. The highest BCUT2D eigenvalue weighted by Gasteiger charge is 2.30. The van der Waals surface area contributed by atoms with Crippen molar-refractivity contribution in [3.05, 3.63) is 71.9 Å². The van der Waals surface area contributed by atoms with E-state index in [1.54, 1.807) is 18.0 Å². The van der Waals surface area contributed by atoms with Crippen LogP contribution < -0.4 is 21.7 Å². The molecular formula is C28H35N5O5S2. The van der Waals surface area contributed by atoms with Gasteiger partial charge in [0.05, 0.1) is 6.04 Å². The van der Waals surface area contributed by atoms with Gasteiger partial charge < -0.3 is 31.8 Å². The predicted molar refractivity (Wildman–Crippen MR) is 160 cm³/mol. The third kappa shape index (κ3) is 8.77. The molecule has 3 rings (SSSR count). The lowest BCUT2D eigenvalue weighted by Gasteiger charge is -2.24. The van der Waals surface area contributed by atoms with Crippen LogP contribution in [0.3, 0.4) is 0 Å². The number of nitrogens with two attached hydrogens (primary N) is 1. The summed E-state index contributed by atoms with van der Waals surface area (Å²) >= 11 is 5.77. The molecule has 0 aliphatic rings. The van der Waals surface area contributed by atoms with E-state index in [1.165, 1.54) is 0 Å². The molecule has 3 aromatic rings. The highest BCUT2D eigenvalue weighted by atomic mass is 32.2. The molecule has 7 N–H and O–H groups in total. The minimum atomic E-state index is -1.24. The van der Waals surface area contributed by atoms with Crippen molar-refractivity contribution in [3.63, 3.8) is 0 Å². The van der Waals surface area contributed by atoms with E-state index in [4.69, 9.17) is 5.73 Å². The largest absolute Gasteiger partial charge is 0.480 e. The van der Waals surface area contributed by atoms with Gasteiger partial charge in [-0.05, 0) is 35.6 Å². The normalized spacial score (nSPS) is 14.1. The Morgan fingerprint density at radius 3 is 2.20 bits per heavy atom. The van der Waals surface area contributed by atoms with Crippen molar-refractivity contribution in [3.8, 4) is 0 Å². The summed E-state index contributed by atoms with van der Waals surface area (Å²) < 4.78 is 0. The minimum Gasteiger partial charge on any atom is -0.480 e. The molecule has 214 valence electrons. The number of hydrogen-bond acceptors (Lipinski definition) is 7. The van der Waals surface area contributed by atoms with Gasteiger partial charge in [0, 0.05) is 35.7 Å².